The molecule has 26 heavy (non-hydrogen) atoms. The Morgan fingerprint density at radius 2 is 1.92 bits per heavy atom. The minimum absolute atomic E-state index is 0.0390. The van der Waals surface area contributed by atoms with Crippen LogP contribution >= 0.6 is 11.6 Å². The minimum atomic E-state index is -4.62. The Morgan fingerprint density at radius 3 is 2.69 bits per heavy atom. The van der Waals surface area contributed by atoms with Crippen LogP contribution in [0.1, 0.15) is 5.56 Å². The Hall–Kier alpha value is -2.87. The second kappa shape index (κ2) is 7.17. The molecule has 0 radical (unpaired) electrons. The second-order valence-electron chi connectivity index (χ2n) is 5.23. The molecule has 0 atom stereocenters. The molecule has 1 N–H and O–H groups in total. The largest absolute Gasteiger partial charge is 0.467 e. The number of amides is 1. The standard InChI is InChI=1S/C17H11ClF3N3O2/c18-13-6-5-10(7-12(13)17(19,20)21)24-15(25)8-26-16-11-3-1-2-4-14(11)22-9-23-16/h1-7,9H,8H2,(H,24,25). The Kier molecular flexibility index (Phi) is 4.94. The zero-order valence-corrected chi connectivity index (χ0v) is 13.8. The molecule has 0 saturated heterocycles. The lowest BCUT2D eigenvalue weighted by atomic mass is 10.2. The molecule has 3 aromatic rings. The number of para-hydroxylation sites is 1. The normalized spacial score (nSPS) is 11.4. The Labute approximate surface area is 150 Å². The van der Waals surface area contributed by atoms with Gasteiger partial charge >= 0.3 is 6.18 Å². The second-order valence-corrected chi connectivity index (χ2v) is 5.63. The first-order valence-corrected chi connectivity index (χ1v) is 7.71. The van der Waals surface area contributed by atoms with Gasteiger partial charge in [0.15, 0.2) is 6.61 Å². The number of alkyl halides is 3. The van der Waals surface area contributed by atoms with Crippen LogP contribution in [0.3, 0.4) is 0 Å². The highest BCUT2D eigenvalue weighted by Gasteiger charge is 2.33. The zero-order chi connectivity index (χ0) is 18.7. The van der Waals surface area contributed by atoms with Gasteiger partial charge in [-0.1, -0.05) is 23.7 Å². The number of halogens is 4. The van der Waals surface area contributed by atoms with Crippen molar-refractivity contribution < 1.29 is 22.7 Å². The summed E-state index contributed by atoms with van der Waals surface area (Å²) in [6.07, 6.45) is -3.32. The lowest BCUT2D eigenvalue weighted by Crippen LogP contribution is -2.21. The molecule has 1 aromatic heterocycles. The van der Waals surface area contributed by atoms with Gasteiger partial charge in [0.2, 0.25) is 5.88 Å². The summed E-state index contributed by atoms with van der Waals surface area (Å²) in [6.45, 7) is -0.426. The van der Waals surface area contributed by atoms with E-state index in [0.717, 1.165) is 12.1 Å². The van der Waals surface area contributed by atoms with Crippen molar-refractivity contribution in [2.45, 2.75) is 6.18 Å². The van der Waals surface area contributed by atoms with Crippen LogP contribution in [0.25, 0.3) is 10.9 Å². The van der Waals surface area contributed by atoms with Gasteiger partial charge in [0, 0.05) is 5.69 Å². The van der Waals surface area contributed by atoms with E-state index >= 15 is 0 Å². The van der Waals surface area contributed by atoms with Crippen molar-refractivity contribution in [2.24, 2.45) is 0 Å². The van der Waals surface area contributed by atoms with Crippen LogP contribution in [0.5, 0.6) is 5.88 Å². The number of hydrogen-bond donors (Lipinski definition) is 1. The number of fused-ring (bicyclic) bond motifs is 1. The van der Waals surface area contributed by atoms with Gasteiger partial charge in [-0.05, 0) is 30.3 Å². The molecule has 3 rings (SSSR count). The van der Waals surface area contributed by atoms with Crippen molar-refractivity contribution in [1.29, 1.82) is 0 Å². The first-order chi connectivity index (χ1) is 12.3. The number of aromatic nitrogens is 2. The number of nitrogens with one attached hydrogen (secondary N) is 1. The van der Waals surface area contributed by atoms with Gasteiger partial charge in [0.25, 0.3) is 5.91 Å². The summed E-state index contributed by atoms with van der Waals surface area (Å²) in [6, 6.07) is 10.2. The van der Waals surface area contributed by atoms with Crippen molar-refractivity contribution in [3.05, 3.63) is 59.4 Å². The van der Waals surface area contributed by atoms with Crippen LogP contribution < -0.4 is 10.1 Å². The maximum Gasteiger partial charge on any atom is 0.417 e. The van der Waals surface area contributed by atoms with Crippen LogP contribution in [-0.2, 0) is 11.0 Å². The number of carbonyl (C=O) groups excluding carboxylic acids is 1. The highest BCUT2D eigenvalue weighted by Crippen LogP contribution is 2.36. The van der Waals surface area contributed by atoms with Crippen molar-refractivity contribution in [2.75, 3.05) is 11.9 Å². The molecule has 0 unspecified atom stereocenters. The zero-order valence-electron chi connectivity index (χ0n) is 13.0. The SMILES string of the molecule is O=C(COc1ncnc2ccccc12)Nc1ccc(Cl)c(C(F)(F)F)c1. The molecule has 0 aliphatic rings. The van der Waals surface area contributed by atoms with Gasteiger partial charge in [-0.2, -0.15) is 13.2 Å². The lowest BCUT2D eigenvalue weighted by molar-refractivity contribution is -0.137. The fourth-order valence-electron chi connectivity index (χ4n) is 2.25. The number of nitrogens with zero attached hydrogens (tertiary/aromatic N) is 2. The van der Waals surface area contributed by atoms with E-state index in [9.17, 15) is 18.0 Å². The number of anilines is 1. The van der Waals surface area contributed by atoms with Crippen LogP contribution in [0.15, 0.2) is 48.8 Å². The van der Waals surface area contributed by atoms with Crippen LogP contribution in [0.2, 0.25) is 5.02 Å². The quantitative estimate of drug-likeness (QED) is 0.731. The van der Waals surface area contributed by atoms with Gasteiger partial charge in [0.1, 0.15) is 6.33 Å². The molecule has 0 aliphatic carbocycles. The number of hydrogen-bond acceptors (Lipinski definition) is 4. The highest BCUT2D eigenvalue weighted by atomic mass is 35.5. The van der Waals surface area contributed by atoms with E-state index in [1.807, 2.05) is 0 Å². The van der Waals surface area contributed by atoms with Crippen molar-refractivity contribution in [3.63, 3.8) is 0 Å². The van der Waals surface area contributed by atoms with E-state index in [1.54, 1.807) is 24.3 Å². The smallest absolute Gasteiger partial charge is 0.417 e. The molecule has 1 amide bonds. The molecule has 5 nitrogen and oxygen atoms in total. The summed E-state index contributed by atoms with van der Waals surface area (Å²) in [5.41, 5.74) is -0.423. The number of rotatable bonds is 4. The molecule has 134 valence electrons. The van der Waals surface area contributed by atoms with Gasteiger partial charge in [0.05, 0.1) is 21.5 Å². The van der Waals surface area contributed by atoms with Crippen molar-refractivity contribution in [1.82, 2.24) is 9.97 Å². The van der Waals surface area contributed by atoms with E-state index in [-0.39, 0.29) is 11.6 Å². The first kappa shape index (κ1) is 17.9. The molecule has 0 saturated carbocycles. The monoisotopic (exact) mass is 381 g/mol. The molecular formula is C17H11ClF3N3O2. The minimum Gasteiger partial charge on any atom is -0.467 e. The van der Waals surface area contributed by atoms with Crippen LogP contribution in [0, 0.1) is 0 Å². The van der Waals surface area contributed by atoms with E-state index < -0.39 is 29.3 Å². The third-order valence-corrected chi connectivity index (χ3v) is 3.73. The molecule has 2 aromatic carbocycles. The molecule has 0 bridgehead atoms. The summed E-state index contributed by atoms with van der Waals surface area (Å²) in [5, 5.41) is 2.51. The highest BCUT2D eigenvalue weighted by molar-refractivity contribution is 6.31. The molecule has 0 fully saturated rings. The average molecular weight is 382 g/mol. The predicted molar refractivity (Wildman–Crippen MR) is 90.1 cm³/mol. The maximum atomic E-state index is 12.8. The Balaban J connectivity index is 1.70. The Bertz CT molecular complexity index is 958. The summed E-state index contributed by atoms with van der Waals surface area (Å²) < 4.78 is 43.9. The fourth-order valence-corrected chi connectivity index (χ4v) is 2.47. The summed E-state index contributed by atoms with van der Waals surface area (Å²) in [5.74, 6) is -0.430. The van der Waals surface area contributed by atoms with Crippen molar-refractivity contribution >= 4 is 34.1 Å². The van der Waals surface area contributed by atoms with Gasteiger partial charge in [-0.15, -0.1) is 0 Å². The van der Waals surface area contributed by atoms with Crippen molar-refractivity contribution in [3.8, 4) is 5.88 Å². The number of carbonyl (C=O) groups is 1. The van der Waals surface area contributed by atoms with E-state index in [2.05, 4.69) is 15.3 Å². The third kappa shape index (κ3) is 4.02. The molecular weight excluding hydrogens is 371 g/mol. The lowest BCUT2D eigenvalue weighted by Gasteiger charge is -2.12. The molecule has 9 heteroatoms. The topological polar surface area (TPSA) is 64.1 Å². The third-order valence-electron chi connectivity index (χ3n) is 3.40. The summed E-state index contributed by atoms with van der Waals surface area (Å²) in [4.78, 5) is 20.0. The van der Waals surface area contributed by atoms with Gasteiger partial charge < -0.3 is 10.1 Å². The van der Waals surface area contributed by atoms with Gasteiger partial charge in [-0.3, -0.25) is 4.79 Å². The molecule has 0 aliphatic heterocycles. The molecule has 0 spiro atoms. The number of benzene rings is 2. The molecule has 1 heterocycles. The fraction of sp³-hybridized carbons (Fsp3) is 0.118. The average Bonchev–Trinajstić information content (AvgIpc) is 2.60. The number of ether oxygens (including phenoxy) is 1. The van der Waals surface area contributed by atoms with Gasteiger partial charge in [-0.25, -0.2) is 9.97 Å². The van der Waals surface area contributed by atoms with E-state index in [4.69, 9.17) is 16.3 Å². The van der Waals surface area contributed by atoms with Crippen LogP contribution in [0.4, 0.5) is 18.9 Å². The van der Waals surface area contributed by atoms with E-state index in [1.165, 1.54) is 12.4 Å². The maximum absolute atomic E-state index is 12.8. The Morgan fingerprint density at radius 1 is 1.15 bits per heavy atom. The van der Waals surface area contributed by atoms with E-state index in [0.29, 0.717) is 10.9 Å². The summed E-state index contributed by atoms with van der Waals surface area (Å²) >= 11 is 5.54. The predicted octanol–water partition coefficient (Wildman–Crippen LogP) is 4.32. The van der Waals surface area contributed by atoms with Crippen LogP contribution in [-0.4, -0.2) is 22.5 Å². The summed E-state index contributed by atoms with van der Waals surface area (Å²) in [7, 11) is 0. The first-order valence-electron chi connectivity index (χ1n) is 7.34.